The van der Waals surface area contributed by atoms with Crippen LogP contribution in [0.15, 0.2) is 23.1 Å². The molecule has 1 aromatic carbocycles. The fourth-order valence-electron chi connectivity index (χ4n) is 1.26. The first-order valence-electron chi connectivity index (χ1n) is 5.01. The average Bonchev–Trinajstić information content (AvgIpc) is 2.16. The molecule has 0 aliphatic rings. The summed E-state index contributed by atoms with van der Waals surface area (Å²) in [7, 11) is 2.01. The van der Waals surface area contributed by atoms with E-state index in [2.05, 4.69) is 44.3 Å². The molecule has 78 valence electrons. The van der Waals surface area contributed by atoms with Gasteiger partial charge in [-0.05, 0) is 39.4 Å². The fraction of sp³-hybridized carbons (Fsp3) is 0.500. The van der Waals surface area contributed by atoms with Gasteiger partial charge >= 0.3 is 0 Å². The number of thioether (sulfide) groups is 1. The van der Waals surface area contributed by atoms with Gasteiger partial charge < -0.3 is 5.32 Å². The number of rotatable bonds is 4. The molecule has 2 heteroatoms. The third-order valence-electron chi connectivity index (χ3n) is 2.31. The van der Waals surface area contributed by atoms with Crippen molar-refractivity contribution in [1.82, 2.24) is 5.32 Å². The van der Waals surface area contributed by atoms with Gasteiger partial charge in [0.15, 0.2) is 0 Å². The molecular weight excluding hydrogens is 190 g/mol. The molecule has 1 rings (SSSR count). The Bertz CT molecular complexity index is 296. The van der Waals surface area contributed by atoms with E-state index >= 15 is 0 Å². The summed E-state index contributed by atoms with van der Waals surface area (Å²) in [6, 6.07) is 7.21. The van der Waals surface area contributed by atoms with Crippen molar-refractivity contribution >= 4 is 11.8 Å². The van der Waals surface area contributed by atoms with E-state index in [9.17, 15) is 0 Å². The number of benzene rings is 1. The van der Waals surface area contributed by atoms with Crippen LogP contribution < -0.4 is 5.32 Å². The van der Waals surface area contributed by atoms with E-state index in [0.717, 1.165) is 5.75 Å². The van der Waals surface area contributed by atoms with Gasteiger partial charge in [-0.3, -0.25) is 0 Å². The largest absolute Gasteiger partial charge is 0.316 e. The van der Waals surface area contributed by atoms with Crippen LogP contribution in [0.5, 0.6) is 0 Å². The molecule has 1 nitrogen and oxygen atoms in total. The molecule has 0 saturated carbocycles. The second kappa shape index (κ2) is 5.42. The van der Waals surface area contributed by atoms with E-state index < -0.39 is 0 Å². The van der Waals surface area contributed by atoms with Gasteiger partial charge in [-0.25, -0.2) is 0 Å². The first-order chi connectivity index (χ1) is 6.63. The topological polar surface area (TPSA) is 12.0 Å². The summed E-state index contributed by atoms with van der Waals surface area (Å²) in [5.41, 5.74) is 2.73. The number of hydrogen-bond donors (Lipinski definition) is 1. The van der Waals surface area contributed by atoms with E-state index in [-0.39, 0.29) is 0 Å². The summed E-state index contributed by atoms with van der Waals surface area (Å²) in [5.74, 6) is 1.13. The highest BCUT2D eigenvalue weighted by atomic mass is 32.2. The first-order valence-corrected chi connectivity index (χ1v) is 5.99. The van der Waals surface area contributed by atoms with Gasteiger partial charge in [0, 0.05) is 16.7 Å². The molecule has 0 heterocycles. The van der Waals surface area contributed by atoms with Crippen LogP contribution in [0.1, 0.15) is 18.1 Å². The minimum absolute atomic E-state index is 0.570. The maximum atomic E-state index is 3.25. The molecular formula is C12H19NS. The summed E-state index contributed by atoms with van der Waals surface area (Å²) in [6.07, 6.45) is 0. The van der Waals surface area contributed by atoms with Crippen LogP contribution in [0.25, 0.3) is 0 Å². The maximum absolute atomic E-state index is 3.25. The van der Waals surface area contributed by atoms with Crippen LogP contribution in [-0.2, 0) is 0 Å². The van der Waals surface area contributed by atoms with Crippen molar-refractivity contribution in [2.24, 2.45) is 0 Å². The highest BCUT2D eigenvalue weighted by Gasteiger charge is 2.02. The van der Waals surface area contributed by atoms with Crippen LogP contribution >= 0.6 is 11.8 Å². The zero-order chi connectivity index (χ0) is 10.6. The summed E-state index contributed by atoms with van der Waals surface area (Å²) in [4.78, 5) is 1.40. The number of nitrogens with one attached hydrogen (secondary N) is 1. The van der Waals surface area contributed by atoms with Gasteiger partial charge in [0.05, 0.1) is 0 Å². The van der Waals surface area contributed by atoms with Crippen molar-refractivity contribution in [2.75, 3.05) is 12.8 Å². The Balaban J connectivity index is 2.59. The lowest BCUT2D eigenvalue weighted by Gasteiger charge is -2.11. The van der Waals surface area contributed by atoms with E-state index in [1.807, 2.05) is 18.8 Å². The molecule has 0 amide bonds. The summed E-state index contributed by atoms with van der Waals surface area (Å²) < 4.78 is 0. The molecule has 0 saturated heterocycles. The van der Waals surface area contributed by atoms with E-state index in [4.69, 9.17) is 0 Å². The minimum atomic E-state index is 0.570. The van der Waals surface area contributed by atoms with Crippen LogP contribution in [0, 0.1) is 13.8 Å². The molecule has 0 aliphatic carbocycles. The summed E-state index contributed by atoms with van der Waals surface area (Å²) in [6.45, 7) is 6.52. The van der Waals surface area contributed by atoms with Crippen molar-refractivity contribution in [3.05, 3.63) is 29.3 Å². The summed E-state index contributed by atoms with van der Waals surface area (Å²) in [5, 5.41) is 3.25. The van der Waals surface area contributed by atoms with Crippen molar-refractivity contribution in [3.63, 3.8) is 0 Å². The Morgan fingerprint density at radius 1 is 1.36 bits per heavy atom. The van der Waals surface area contributed by atoms with Crippen molar-refractivity contribution in [1.29, 1.82) is 0 Å². The monoisotopic (exact) mass is 209 g/mol. The molecule has 0 bridgehead atoms. The smallest absolute Gasteiger partial charge is 0.0132 e. The third-order valence-corrected chi connectivity index (χ3v) is 3.75. The normalized spacial score (nSPS) is 12.9. The quantitative estimate of drug-likeness (QED) is 0.765. The maximum Gasteiger partial charge on any atom is 0.0132 e. The molecule has 1 atom stereocenters. The Morgan fingerprint density at radius 3 is 2.64 bits per heavy atom. The number of aryl methyl sites for hydroxylation is 2. The van der Waals surface area contributed by atoms with Crippen LogP contribution in [0.2, 0.25) is 0 Å². The Labute approximate surface area is 91.3 Å². The third kappa shape index (κ3) is 3.35. The second-order valence-electron chi connectivity index (χ2n) is 3.77. The fourth-order valence-corrected chi connectivity index (χ4v) is 2.31. The van der Waals surface area contributed by atoms with Gasteiger partial charge in [0.25, 0.3) is 0 Å². The van der Waals surface area contributed by atoms with Crippen LogP contribution in [-0.4, -0.2) is 18.8 Å². The first kappa shape index (κ1) is 11.6. The Morgan fingerprint density at radius 2 is 2.07 bits per heavy atom. The van der Waals surface area contributed by atoms with Gasteiger partial charge in [-0.15, -0.1) is 11.8 Å². The van der Waals surface area contributed by atoms with Crippen molar-refractivity contribution < 1.29 is 0 Å². The van der Waals surface area contributed by atoms with Crippen LogP contribution in [0.4, 0.5) is 0 Å². The lowest BCUT2D eigenvalue weighted by molar-refractivity contribution is 0.677. The molecule has 0 fully saturated rings. The minimum Gasteiger partial charge on any atom is -0.316 e. The second-order valence-corrected chi connectivity index (χ2v) is 4.83. The molecule has 1 N–H and O–H groups in total. The van der Waals surface area contributed by atoms with E-state index in [0.29, 0.717) is 6.04 Å². The van der Waals surface area contributed by atoms with Gasteiger partial charge in [-0.1, -0.05) is 17.7 Å². The molecule has 0 spiro atoms. The van der Waals surface area contributed by atoms with Crippen molar-refractivity contribution in [3.8, 4) is 0 Å². The molecule has 0 radical (unpaired) electrons. The zero-order valence-electron chi connectivity index (χ0n) is 9.42. The molecule has 0 aromatic heterocycles. The van der Waals surface area contributed by atoms with Crippen molar-refractivity contribution in [2.45, 2.75) is 31.7 Å². The predicted molar refractivity (Wildman–Crippen MR) is 65.2 cm³/mol. The van der Waals surface area contributed by atoms with E-state index in [1.54, 1.807) is 0 Å². The highest BCUT2D eigenvalue weighted by Crippen LogP contribution is 2.23. The molecule has 1 aromatic rings. The Hall–Kier alpha value is -0.470. The average molecular weight is 209 g/mol. The van der Waals surface area contributed by atoms with Crippen LogP contribution in [0.3, 0.4) is 0 Å². The van der Waals surface area contributed by atoms with E-state index in [1.165, 1.54) is 16.0 Å². The standard InChI is InChI=1S/C12H19NS/c1-9-5-6-12(10(2)7-9)14-8-11(3)13-4/h5-7,11,13H,8H2,1-4H3. The zero-order valence-corrected chi connectivity index (χ0v) is 10.2. The van der Waals surface area contributed by atoms with Gasteiger partial charge in [0.1, 0.15) is 0 Å². The molecule has 14 heavy (non-hydrogen) atoms. The lowest BCUT2D eigenvalue weighted by Crippen LogP contribution is -2.23. The predicted octanol–water partition coefficient (Wildman–Crippen LogP) is 3.00. The lowest BCUT2D eigenvalue weighted by atomic mass is 10.2. The SMILES string of the molecule is CNC(C)CSc1ccc(C)cc1C. The summed E-state index contributed by atoms with van der Waals surface area (Å²) >= 11 is 1.93. The molecule has 0 aliphatic heterocycles. The molecule has 1 unspecified atom stereocenters. The number of hydrogen-bond acceptors (Lipinski definition) is 2. The highest BCUT2D eigenvalue weighted by molar-refractivity contribution is 7.99. The van der Waals surface area contributed by atoms with Gasteiger partial charge in [0.2, 0.25) is 0 Å². The van der Waals surface area contributed by atoms with Gasteiger partial charge in [-0.2, -0.15) is 0 Å². The Kier molecular flexibility index (Phi) is 4.49.